The first-order chi connectivity index (χ1) is 9.40. The molecule has 20 heavy (non-hydrogen) atoms. The molecule has 0 aliphatic rings. The Kier molecular flexibility index (Phi) is 6.52. The smallest absolute Gasteiger partial charge is 0.224 e. The largest absolute Gasteiger partial charge is 0.488 e. The molecule has 0 spiro atoms. The number of nitrogens with one attached hydrogen (secondary N) is 1. The van der Waals surface area contributed by atoms with Gasteiger partial charge in [0.25, 0.3) is 0 Å². The van der Waals surface area contributed by atoms with Crippen molar-refractivity contribution >= 4 is 5.91 Å². The zero-order valence-electron chi connectivity index (χ0n) is 12.9. The summed E-state index contributed by atoms with van der Waals surface area (Å²) in [6, 6.07) is 7.66. The maximum absolute atomic E-state index is 11.7. The zero-order valence-corrected chi connectivity index (χ0v) is 12.9. The Balaban J connectivity index is 2.39. The summed E-state index contributed by atoms with van der Waals surface area (Å²) in [5.74, 6) is 0.854. The number of rotatable bonds is 7. The molecule has 4 nitrogen and oxygen atoms in total. The molecular formula is C16H25NO3. The summed E-state index contributed by atoms with van der Waals surface area (Å²) >= 11 is 0. The highest BCUT2D eigenvalue weighted by Gasteiger charge is 2.11. The summed E-state index contributed by atoms with van der Waals surface area (Å²) in [7, 11) is 1.66. The van der Waals surface area contributed by atoms with Crippen molar-refractivity contribution < 1.29 is 14.3 Å². The molecule has 0 aliphatic carbocycles. The quantitative estimate of drug-likeness (QED) is 0.780. The van der Waals surface area contributed by atoms with Gasteiger partial charge in [0.15, 0.2) is 0 Å². The first-order valence-electron chi connectivity index (χ1n) is 6.94. The van der Waals surface area contributed by atoms with E-state index in [-0.39, 0.29) is 11.5 Å². The fourth-order valence-corrected chi connectivity index (χ4v) is 1.72. The number of benzene rings is 1. The lowest BCUT2D eigenvalue weighted by atomic mass is 10.1. The molecule has 1 amide bonds. The van der Waals surface area contributed by atoms with Gasteiger partial charge in [-0.25, -0.2) is 0 Å². The lowest BCUT2D eigenvalue weighted by molar-refractivity contribution is -0.120. The van der Waals surface area contributed by atoms with Crippen LogP contribution in [-0.2, 0) is 16.0 Å². The van der Waals surface area contributed by atoms with Crippen molar-refractivity contribution in [2.75, 3.05) is 20.3 Å². The van der Waals surface area contributed by atoms with Crippen LogP contribution in [0.15, 0.2) is 24.3 Å². The van der Waals surface area contributed by atoms with Gasteiger partial charge < -0.3 is 14.8 Å². The highest BCUT2D eigenvalue weighted by atomic mass is 16.5. The molecule has 112 valence electrons. The first-order valence-corrected chi connectivity index (χ1v) is 6.94. The summed E-state index contributed by atoms with van der Waals surface area (Å²) in [6.07, 6.45) is 1.23. The lowest BCUT2D eigenvalue weighted by Gasteiger charge is -2.21. The molecule has 0 saturated carbocycles. The van der Waals surface area contributed by atoms with E-state index < -0.39 is 0 Å². The highest BCUT2D eigenvalue weighted by molar-refractivity contribution is 5.78. The third-order valence-corrected chi connectivity index (χ3v) is 2.56. The molecule has 0 radical (unpaired) electrons. The van der Waals surface area contributed by atoms with E-state index in [2.05, 4.69) is 5.32 Å². The van der Waals surface area contributed by atoms with E-state index in [9.17, 15) is 4.79 Å². The number of hydrogen-bond acceptors (Lipinski definition) is 3. The number of carbonyl (C=O) groups excluding carboxylic acids is 1. The molecular weight excluding hydrogens is 254 g/mol. The van der Waals surface area contributed by atoms with Gasteiger partial charge in [0.1, 0.15) is 11.4 Å². The van der Waals surface area contributed by atoms with Crippen molar-refractivity contribution in [2.24, 2.45) is 0 Å². The second-order valence-corrected chi connectivity index (χ2v) is 5.73. The Morgan fingerprint density at radius 2 is 1.85 bits per heavy atom. The van der Waals surface area contributed by atoms with Crippen molar-refractivity contribution in [3.05, 3.63) is 29.8 Å². The molecule has 0 atom stereocenters. The van der Waals surface area contributed by atoms with Crippen molar-refractivity contribution in [1.29, 1.82) is 0 Å². The molecule has 1 rings (SSSR count). The molecule has 0 saturated heterocycles. The van der Waals surface area contributed by atoms with Crippen LogP contribution in [0.5, 0.6) is 5.75 Å². The van der Waals surface area contributed by atoms with Crippen molar-refractivity contribution in [2.45, 2.75) is 39.2 Å². The van der Waals surface area contributed by atoms with Gasteiger partial charge in [-0.2, -0.15) is 0 Å². The molecule has 0 fully saturated rings. The highest BCUT2D eigenvalue weighted by Crippen LogP contribution is 2.18. The van der Waals surface area contributed by atoms with E-state index in [1.807, 2.05) is 45.0 Å². The number of amides is 1. The van der Waals surface area contributed by atoms with Crippen LogP contribution in [0.3, 0.4) is 0 Å². The first kappa shape index (κ1) is 16.5. The molecule has 0 unspecified atom stereocenters. The Morgan fingerprint density at radius 1 is 1.20 bits per heavy atom. The van der Waals surface area contributed by atoms with E-state index in [4.69, 9.17) is 9.47 Å². The second kappa shape index (κ2) is 7.90. The van der Waals surface area contributed by atoms with Gasteiger partial charge in [-0.15, -0.1) is 0 Å². The average Bonchev–Trinajstić information content (AvgIpc) is 2.35. The van der Waals surface area contributed by atoms with Crippen molar-refractivity contribution in [1.82, 2.24) is 5.32 Å². The Hall–Kier alpha value is -1.55. The third kappa shape index (κ3) is 7.14. The topological polar surface area (TPSA) is 47.6 Å². The van der Waals surface area contributed by atoms with Gasteiger partial charge in [0, 0.05) is 20.3 Å². The van der Waals surface area contributed by atoms with Gasteiger partial charge in [0.2, 0.25) is 5.91 Å². The van der Waals surface area contributed by atoms with E-state index in [1.165, 1.54) is 0 Å². The van der Waals surface area contributed by atoms with Crippen molar-refractivity contribution in [3.8, 4) is 5.75 Å². The van der Waals surface area contributed by atoms with Crippen LogP contribution >= 0.6 is 0 Å². The molecule has 1 aromatic rings. The average molecular weight is 279 g/mol. The van der Waals surface area contributed by atoms with Gasteiger partial charge in [-0.3, -0.25) is 4.79 Å². The van der Waals surface area contributed by atoms with E-state index in [1.54, 1.807) is 7.11 Å². The summed E-state index contributed by atoms with van der Waals surface area (Å²) in [5.41, 5.74) is 0.774. The predicted octanol–water partition coefficient (Wildman–Crippen LogP) is 2.56. The fraction of sp³-hybridized carbons (Fsp3) is 0.562. The molecule has 1 N–H and O–H groups in total. The predicted molar refractivity (Wildman–Crippen MR) is 80.0 cm³/mol. The normalized spacial score (nSPS) is 11.2. The minimum atomic E-state index is -0.208. The van der Waals surface area contributed by atoms with Crippen LogP contribution < -0.4 is 10.1 Å². The van der Waals surface area contributed by atoms with Crippen LogP contribution in [0.1, 0.15) is 32.8 Å². The maximum atomic E-state index is 11.7. The van der Waals surface area contributed by atoms with Gasteiger partial charge in [-0.1, -0.05) is 12.1 Å². The van der Waals surface area contributed by atoms with Gasteiger partial charge in [0.05, 0.1) is 6.42 Å². The number of carbonyl (C=O) groups is 1. The van der Waals surface area contributed by atoms with E-state index in [0.717, 1.165) is 17.7 Å². The van der Waals surface area contributed by atoms with Crippen LogP contribution in [0.4, 0.5) is 0 Å². The van der Waals surface area contributed by atoms with Crippen LogP contribution in [0.25, 0.3) is 0 Å². The molecule has 1 aromatic carbocycles. The fourth-order valence-electron chi connectivity index (χ4n) is 1.72. The minimum Gasteiger partial charge on any atom is -0.488 e. The summed E-state index contributed by atoms with van der Waals surface area (Å²) in [4.78, 5) is 11.7. The molecule has 4 heteroatoms. The molecule has 0 bridgehead atoms. The maximum Gasteiger partial charge on any atom is 0.224 e. The lowest BCUT2D eigenvalue weighted by Crippen LogP contribution is -2.26. The number of ether oxygens (including phenoxy) is 2. The van der Waals surface area contributed by atoms with E-state index in [0.29, 0.717) is 19.6 Å². The molecule has 0 aliphatic heterocycles. The second-order valence-electron chi connectivity index (χ2n) is 5.73. The van der Waals surface area contributed by atoms with Crippen LogP contribution in [0.2, 0.25) is 0 Å². The molecule has 0 aromatic heterocycles. The monoisotopic (exact) mass is 279 g/mol. The number of hydrogen-bond donors (Lipinski definition) is 1. The van der Waals surface area contributed by atoms with Crippen LogP contribution in [0, 0.1) is 0 Å². The number of methoxy groups -OCH3 is 1. The van der Waals surface area contributed by atoms with Gasteiger partial charge in [-0.05, 0) is 44.9 Å². The minimum absolute atomic E-state index is 0.0330. The Bertz CT molecular complexity index is 407. The summed E-state index contributed by atoms with van der Waals surface area (Å²) < 4.78 is 10.7. The van der Waals surface area contributed by atoms with E-state index >= 15 is 0 Å². The Morgan fingerprint density at radius 3 is 2.40 bits per heavy atom. The van der Waals surface area contributed by atoms with Crippen LogP contribution in [-0.4, -0.2) is 31.8 Å². The Labute approximate surface area is 121 Å². The summed E-state index contributed by atoms with van der Waals surface area (Å²) in [6.45, 7) is 7.34. The standard InChI is InChI=1S/C16H25NO3/c1-16(2,3)20-14-8-6-13(7-9-14)12-15(18)17-10-5-11-19-4/h6-9H,5,10-12H2,1-4H3,(H,17,18). The zero-order chi connectivity index (χ0) is 15.0. The summed E-state index contributed by atoms with van der Waals surface area (Å²) in [5, 5.41) is 2.87. The SMILES string of the molecule is COCCCNC(=O)Cc1ccc(OC(C)(C)C)cc1. The van der Waals surface area contributed by atoms with Crippen molar-refractivity contribution in [3.63, 3.8) is 0 Å². The molecule has 0 heterocycles. The third-order valence-electron chi connectivity index (χ3n) is 2.56. The van der Waals surface area contributed by atoms with Gasteiger partial charge >= 0.3 is 0 Å².